The van der Waals surface area contributed by atoms with Crippen LogP contribution in [0.5, 0.6) is 5.75 Å². The fourth-order valence-electron chi connectivity index (χ4n) is 3.19. The summed E-state index contributed by atoms with van der Waals surface area (Å²) < 4.78 is 5.30. The van der Waals surface area contributed by atoms with Crippen LogP contribution in [0.25, 0.3) is 0 Å². The summed E-state index contributed by atoms with van der Waals surface area (Å²) in [5.41, 5.74) is 6.82. The summed E-state index contributed by atoms with van der Waals surface area (Å²) in [6.45, 7) is 1.14. The summed E-state index contributed by atoms with van der Waals surface area (Å²) in [6, 6.07) is 9.78. The van der Waals surface area contributed by atoms with Crippen molar-refractivity contribution in [2.75, 3.05) is 25.5 Å². The van der Waals surface area contributed by atoms with Gasteiger partial charge in [0.1, 0.15) is 10.8 Å². The Hall–Kier alpha value is -2.38. The maximum atomic E-state index is 12.4. The van der Waals surface area contributed by atoms with Crippen molar-refractivity contribution in [2.24, 2.45) is 5.73 Å². The van der Waals surface area contributed by atoms with Gasteiger partial charge in [0.2, 0.25) is 5.91 Å². The maximum Gasteiger partial charge on any atom is 0.251 e. The molecule has 1 aromatic heterocycles. The monoisotopic (exact) mass is 359 g/mol. The van der Waals surface area contributed by atoms with E-state index in [9.17, 15) is 9.59 Å². The van der Waals surface area contributed by atoms with E-state index in [1.165, 1.54) is 11.3 Å². The molecule has 1 saturated heterocycles. The summed E-state index contributed by atoms with van der Waals surface area (Å²) in [5.74, 6) is 0.144. The van der Waals surface area contributed by atoms with Crippen molar-refractivity contribution in [3.63, 3.8) is 0 Å². The molecule has 3 rings (SSSR count). The van der Waals surface area contributed by atoms with Crippen LogP contribution in [0.15, 0.2) is 35.7 Å². The van der Waals surface area contributed by atoms with Gasteiger partial charge in [0.15, 0.2) is 0 Å². The topological polar surface area (TPSA) is 84.7 Å². The van der Waals surface area contributed by atoms with Crippen LogP contribution in [0, 0.1) is 0 Å². The molecule has 25 heavy (non-hydrogen) atoms. The Morgan fingerprint density at radius 2 is 2.24 bits per heavy atom. The number of amides is 2. The van der Waals surface area contributed by atoms with Gasteiger partial charge < -0.3 is 15.8 Å². The molecule has 2 amide bonds. The van der Waals surface area contributed by atoms with Gasteiger partial charge in [0.05, 0.1) is 19.2 Å². The van der Waals surface area contributed by atoms with Crippen LogP contribution in [-0.4, -0.2) is 36.9 Å². The highest BCUT2D eigenvalue weighted by Gasteiger charge is 2.28. The van der Waals surface area contributed by atoms with Crippen molar-refractivity contribution in [3.8, 4) is 5.75 Å². The van der Waals surface area contributed by atoms with E-state index in [1.807, 2.05) is 18.2 Å². The molecule has 1 aliphatic heterocycles. The minimum Gasteiger partial charge on any atom is -0.497 e. The number of nitrogens with one attached hydrogen (secondary N) is 1. The molecule has 1 atom stereocenters. The predicted molar refractivity (Wildman–Crippen MR) is 98.0 cm³/mol. The van der Waals surface area contributed by atoms with E-state index < -0.39 is 5.91 Å². The third kappa shape index (κ3) is 4.00. The van der Waals surface area contributed by atoms with E-state index in [-0.39, 0.29) is 18.5 Å². The van der Waals surface area contributed by atoms with Gasteiger partial charge in [-0.2, -0.15) is 0 Å². The summed E-state index contributed by atoms with van der Waals surface area (Å²) in [5, 5.41) is 5.06. The molecule has 0 spiro atoms. The lowest BCUT2D eigenvalue weighted by Crippen LogP contribution is -2.33. The van der Waals surface area contributed by atoms with Gasteiger partial charge in [-0.1, -0.05) is 12.1 Å². The van der Waals surface area contributed by atoms with E-state index >= 15 is 0 Å². The lowest BCUT2D eigenvalue weighted by atomic mass is 10.0. The molecule has 0 bridgehead atoms. The number of carbonyl (C=O) groups excluding carboxylic acids is 2. The first-order valence-corrected chi connectivity index (χ1v) is 9.01. The molecule has 3 N–H and O–H groups in total. The normalized spacial score (nSPS) is 17.4. The van der Waals surface area contributed by atoms with E-state index in [1.54, 1.807) is 18.6 Å². The van der Waals surface area contributed by atoms with Crippen LogP contribution in [-0.2, 0) is 4.79 Å². The van der Waals surface area contributed by atoms with Crippen molar-refractivity contribution in [1.82, 2.24) is 4.90 Å². The van der Waals surface area contributed by atoms with Crippen LogP contribution in [0.3, 0.4) is 0 Å². The molecule has 1 aliphatic rings. The minimum absolute atomic E-state index is 0.139. The van der Waals surface area contributed by atoms with Crippen molar-refractivity contribution in [3.05, 3.63) is 46.8 Å². The third-order valence-electron chi connectivity index (χ3n) is 4.37. The van der Waals surface area contributed by atoms with Gasteiger partial charge >= 0.3 is 0 Å². The SMILES string of the molecule is COc1cccc(C2CCCN2CC(=O)Nc2sccc2C(N)=O)c1. The zero-order valence-electron chi connectivity index (χ0n) is 14.0. The number of ether oxygens (including phenoxy) is 1. The van der Waals surface area contributed by atoms with Crippen LogP contribution in [0.1, 0.15) is 34.8 Å². The summed E-state index contributed by atoms with van der Waals surface area (Å²) in [4.78, 5) is 25.9. The molecular formula is C18H21N3O3S. The number of thiophene rings is 1. The van der Waals surface area contributed by atoms with Gasteiger partial charge in [0, 0.05) is 6.04 Å². The second-order valence-electron chi connectivity index (χ2n) is 5.98. The maximum absolute atomic E-state index is 12.4. The highest BCUT2D eigenvalue weighted by Crippen LogP contribution is 2.33. The van der Waals surface area contributed by atoms with Crippen LogP contribution in [0.2, 0.25) is 0 Å². The second kappa shape index (κ2) is 7.67. The zero-order chi connectivity index (χ0) is 17.8. The third-order valence-corrected chi connectivity index (χ3v) is 5.20. The number of anilines is 1. The Kier molecular flexibility index (Phi) is 5.35. The highest BCUT2D eigenvalue weighted by molar-refractivity contribution is 7.14. The highest BCUT2D eigenvalue weighted by atomic mass is 32.1. The molecule has 7 heteroatoms. The van der Waals surface area contributed by atoms with E-state index in [4.69, 9.17) is 10.5 Å². The molecule has 2 aromatic rings. The Morgan fingerprint density at radius 3 is 3.00 bits per heavy atom. The zero-order valence-corrected chi connectivity index (χ0v) is 14.8. The average molecular weight is 359 g/mol. The van der Waals surface area contributed by atoms with Crippen molar-refractivity contribution >= 4 is 28.2 Å². The molecule has 6 nitrogen and oxygen atoms in total. The average Bonchev–Trinajstić information content (AvgIpc) is 3.24. The Balaban J connectivity index is 1.67. The molecule has 0 aliphatic carbocycles. The first-order chi connectivity index (χ1) is 12.1. The first-order valence-electron chi connectivity index (χ1n) is 8.13. The molecular weight excluding hydrogens is 338 g/mol. The summed E-state index contributed by atoms with van der Waals surface area (Å²) in [7, 11) is 1.65. The fraction of sp³-hybridized carbons (Fsp3) is 0.333. The molecule has 1 fully saturated rings. The molecule has 0 radical (unpaired) electrons. The Morgan fingerprint density at radius 1 is 1.40 bits per heavy atom. The van der Waals surface area contributed by atoms with Gasteiger partial charge in [-0.15, -0.1) is 11.3 Å². The number of nitrogens with zero attached hydrogens (tertiary/aromatic N) is 1. The smallest absolute Gasteiger partial charge is 0.251 e. The number of carbonyl (C=O) groups is 2. The van der Waals surface area contributed by atoms with Crippen LogP contribution in [0.4, 0.5) is 5.00 Å². The number of rotatable bonds is 6. The fourth-order valence-corrected chi connectivity index (χ4v) is 4.00. The number of hydrogen-bond acceptors (Lipinski definition) is 5. The van der Waals surface area contributed by atoms with E-state index in [0.717, 1.165) is 30.7 Å². The van der Waals surface area contributed by atoms with Gasteiger partial charge in [-0.25, -0.2) is 0 Å². The Labute approximate surface area is 150 Å². The quantitative estimate of drug-likeness (QED) is 0.830. The van der Waals surface area contributed by atoms with Crippen molar-refractivity contribution in [2.45, 2.75) is 18.9 Å². The number of methoxy groups -OCH3 is 1. The number of nitrogens with two attached hydrogens (primary N) is 1. The van der Waals surface area contributed by atoms with Gasteiger partial charge in [-0.3, -0.25) is 14.5 Å². The molecule has 132 valence electrons. The largest absolute Gasteiger partial charge is 0.497 e. The number of likely N-dealkylation sites (tertiary alicyclic amines) is 1. The predicted octanol–water partition coefficient (Wildman–Crippen LogP) is 2.63. The number of hydrogen-bond donors (Lipinski definition) is 2. The Bertz CT molecular complexity index is 774. The second-order valence-corrected chi connectivity index (χ2v) is 6.90. The lowest BCUT2D eigenvalue weighted by molar-refractivity contribution is -0.117. The standard InChI is InChI=1S/C18H21N3O3S/c1-24-13-5-2-4-12(10-13)15-6-3-8-21(15)11-16(22)20-18-14(17(19)23)7-9-25-18/h2,4-5,7,9-10,15H,3,6,8,11H2,1H3,(H2,19,23)(H,20,22). The summed E-state index contributed by atoms with van der Waals surface area (Å²) in [6.07, 6.45) is 2.05. The molecule has 0 saturated carbocycles. The first kappa shape index (κ1) is 17.4. The van der Waals surface area contributed by atoms with Crippen LogP contribution >= 0.6 is 11.3 Å². The van der Waals surface area contributed by atoms with Crippen molar-refractivity contribution in [1.29, 1.82) is 0 Å². The molecule has 1 aromatic carbocycles. The minimum atomic E-state index is -0.535. The van der Waals surface area contributed by atoms with Gasteiger partial charge in [-0.05, 0) is 48.5 Å². The molecule has 2 heterocycles. The van der Waals surface area contributed by atoms with Gasteiger partial charge in [0.25, 0.3) is 5.91 Å². The number of benzene rings is 1. The summed E-state index contributed by atoms with van der Waals surface area (Å²) >= 11 is 1.30. The van der Waals surface area contributed by atoms with Crippen LogP contribution < -0.4 is 15.8 Å². The van der Waals surface area contributed by atoms with E-state index in [0.29, 0.717) is 10.6 Å². The molecule has 1 unspecified atom stereocenters. The van der Waals surface area contributed by atoms with E-state index in [2.05, 4.69) is 16.3 Å². The van der Waals surface area contributed by atoms with Crippen molar-refractivity contribution < 1.29 is 14.3 Å². The lowest BCUT2D eigenvalue weighted by Gasteiger charge is -2.24. The number of primary amides is 1.